The Morgan fingerprint density at radius 2 is 2.08 bits per heavy atom. The number of hydrogen-bond acceptors (Lipinski definition) is 5. The zero-order valence-corrected chi connectivity index (χ0v) is 15.2. The first kappa shape index (κ1) is 16.6. The zero-order chi connectivity index (χ0) is 17.4. The topological polar surface area (TPSA) is 67.5 Å². The number of nitrogens with zero attached hydrogens (tertiary/aromatic N) is 5. The molecule has 0 radical (unpaired) electrons. The van der Waals surface area contributed by atoms with Crippen molar-refractivity contribution < 1.29 is 0 Å². The van der Waals surface area contributed by atoms with Crippen molar-refractivity contribution in [3.05, 3.63) is 22.4 Å². The highest BCUT2D eigenvalue weighted by molar-refractivity contribution is 5.47. The van der Waals surface area contributed by atoms with E-state index in [1.54, 1.807) is 10.7 Å². The van der Waals surface area contributed by atoms with Gasteiger partial charge in [-0.25, -0.2) is 9.50 Å². The molecule has 4 rings (SSSR count). The average molecular weight is 344 g/mol. The largest absolute Gasteiger partial charge is 0.341 e. The van der Waals surface area contributed by atoms with Crippen LogP contribution in [0.2, 0.25) is 0 Å². The van der Waals surface area contributed by atoms with Crippen LogP contribution in [0, 0.1) is 5.92 Å². The standard InChI is InChI=1S/C18H28N6O/c1-13(2)16-20-12-15-17(25)23-10-3-9-22(18(23)21-24(15)16)11-6-14-4-7-19-8-5-14/h12-14,19H,3-11H2,1-2H3. The van der Waals surface area contributed by atoms with E-state index in [-0.39, 0.29) is 11.5 Å². The first-order valence-electron chi connectivity index (χ1n) is 9.59. The lowest BCUT2D eigenvalue weighted by atomic mass is 9.94. The third kappa shape index (κ3) is 3.05. The van der Waals surface area contributed by atoms with Crippen LogP contribution in [-0.2, 0) is 6.54 Å². The van der Waals surface area contributed by atoms with Gasteiger partial charge in [-0.2, -0.15) is 0 Å². The Bertz CT molecular complexity index is 802. The van der Waals surface area contributed by atoms with Crippen molar-refractivity contribution in [2.45, 2.75) is 52.0 Å². The molecule has 0 saturated carbocycles. The van der Waals surface area contributed by atoms with E-state index in [1.165, 1.54) is 19.3 Å². The molecule has 7 heteroatoms. The van der Waals surface area contributed by atoms with E-state index in [9.17, 15) is 4.79 Å². The lowest BCUT2D eigenvalue weighted by molar-refractivity contribution is 0.351. The van der Waals surface area contributed by atoms with Crippen LogP contribution < -0.4 is 15.8 Å². The first-order valence-corrected chi connectivity index (χ1v) is 9.59. The molecular weight excluding hydrogens is 316 g/mol. The molecule has 0 aliphatic carbocycles. The van der Waals surface area contributed by atoms with Crippen LogP contribution in [0.25, 0.3) is 5.52 Å². The minimum absolute atomic E-state index is 0.0379. The lowest BCUT2D eigenvalue weighted by Gasteiger charge is -2.32. The van der Waals surface area contributed by atoms with Crippen molar-refractivity contribution >= 4 is 11.5 Å². The second-order valence-corrected chi connectivity index (χ2v) is 7.65. The highest BCUT2D eigenvalue weighted by Crippen LogP contribution is 2.22. The molecule has 7 nitrogen and oxygen atoms in total. The Kier molecular flexibility index (Phi) is 4.50. The smallest absolute Gasteiger partial charge is 0.280 e. The second-order valence-electron chi connectivity index (χ2n) is 7.65. The SMILES string of the molecule is CC(C)c1ncc2c(=O)n3c(nn12)N(CCC1CCNCC1)CCC3. The van der Waals surface area contributed by atoms with Crippen LogP contribution in [-0.4, -0.2) is 45.3 Å². The van der Waals surface area contributed by atoms with Crippen molar-refractivity contribution in [2.75, 3.05) is 31.1 Å². The Morgan fingerprint density at radius 3 is 2.84 bits per heavy atom. The Hall–Kier alpha value is -1.89. The van der Waals surface area contributed by atoms with E-state index < -0.39 is 0 Å². The van der Waals surface area contributed by atoms with Gasteiger partial charge in [-0.3, -0.25) is 9.36 Å². The van der Waals surface area contributed by atoms with Gasteiger partial charge in [-0.1, -0.05) is 13.8 Å². The predicted molar refractivity (Wildman–Crippen MR) is 98.4 cm³/mol. The van der Waals surface area contributed by atoms with E-state index in [4.69, 9.17) is 5.10 Å². The van der Waals surface area contributed by atoms with Crippen LogP contribution in [0.4, 0.5) is 5.95 Å². The van der Waals surface area contributed by atoms with Gasteiger partial charge in [-0.15, -0.1) is 5.10 Å². The molecule has 0 amide bonds. The van der Waals surface area contributed by atoms with E-state index in [1.807, 2.05) is 4.57 Å². The minimum atomic E-state index is 0.0379. The maximum Gasteiger partial charge on any atom is 0.280 e. The highest BCUT2D eigenvalue weighted by atomic mass is 16.1. The molecule has 0 spiro atoms. The van der Waals surface area contributed by atoms with Gasteiger partial charge in [-0.05, 0) is 44.7 Å². The molecule has 1 N–H and O–H groups in total. The number of rotatable bonds is 4. The number of aromatic nitrogens is 4. The van der Waals surface area contributed by atoms with Crippen molar-refractivity contribution in [1.29, 1.82) is 0 Å². The van der Waals surface area contributed by atoms with Gasteiger partial charge in [0.25, 0.3) is 5.56 Å². The molecule has 2 aliphatic heterocycles. The zero-order valence-electron chi connectivity index (χ0n) is 15.2. The van der Waals surface area contributed by atoms with Crippen molar-refractivity contribution in [3.8, 4) is 0 Å². The molecule has 0 atom stereocenters. The number of fused-ring (bicyclic) bond motifs is 2. The van der Waals surface area contributed by atoms with Crippen LogP contribution >= 0.6 is 0 Å². The fourth-order valence-electron chi connectivity index (χ4n) is 4.05. The van der Waals surface area contributed by atoms with Gasteiger partial charge in [0.2, 0.25) is 5.95 Å². The molecule has 25 heavy (non-hydrogen) atoms. The second kappa shape index (κ2) is 6.78. The van der Waals surface area contributed by atoms with Crippen molar-refractivity contribution in [1.82, 2.24) is 24.5 Å². The van der Waals surface area contributed by atoms with Crippen LogP contribution in [0.15, 0.2) is 11.0 Å². The molecule has 0 unspecified atom stereocenters. The summed E-state index contributed by atoms with van der Waals surface area (Å²) in [5.41, 5.74) is 0.628. The molecule has 0 bridgehead atoms. The minimum Gasteiger partial charge on any atom is -0.341 e. The Labute approximate surface area is 148 Å². The van der Waals surface area contributed by atoms with Gasteiger partial charge >= 0.3 is 0 Å². The van der Waals surface area contributed by atoms with Gasteiger partial charge in [0, 0.05) is 25.6 Å². The maximum absolute atomic E-state index is 12.9. The van der Waals surface area contributed by atoms with Crippen LogP contribution in [0.5, 0.6) is 0 Å². The molecular formula is C18H28N6O. The summed E-state index contributed by atoms with van der Waals surface area (Å²) >= 11 is 0. The van der Waals surface area contributed by atoms with Gasteiger partial charge in [0.15, 0.2) is 5.52 Å². The lowest BCUT2D eigenvalue weighted by Crippen LogP contribution is -2.41. The summed E-state index contributed by atoms with van der Waals surface area (Å²) in [5, 5.41) is 8.26. The summed E-state index contributed by atoms with van der Waals surface area (Å²) in [6.07, 6.45) is 6.36. The van der Waals surface area contributed by atoms with Crippen molar-refractivity contribution in [3.63, 3.8) is 0 Å². The predicted octanol–water partition coefficient (Wildman–Crippen LogP) is 1.61. The van der Waals surface area contributed by atoms with E-state index in [2.05, 4.69) is 29.0 Å². The van der Waals surface area contributed by atoms with E-state index in [0.717, 1.165) is 56.8 Å². The number of hydrogen-bond donors (Lipinski definition) is 1. The number of imidazole rings is 1. The molecule has 2 aromatic rings. The molecule has 2 aromatic heterocycles. The molecule has 2 aliphatic rings. The molecule has 1 fully saturated rings. The van der Waals surface area contributed by atoms with Crippen molar-refractivity contribution in [2.24, 2.45) is 5.92 Å². The monoisotopic (exact) mass is 344 g/mol. The number of piperidine rings is 1. The third-order valence-electron chi connectivity index (χ3n) is 5.53. The van der Waals surface area contributed by atoms with Crippen LogP contribution in [0.3, 0.4) is 0 Å². The summed E-state index contributed by atoms with van der Waals surface area (Å²) in [4.78, 5) is 19.6. The summed E-state index contributed by atoms with van der Waals surface area (Å²) in [5.74, 6) is 2.70. The normalized spacial score (nSPS) is 18.9. The van der Waals surface area contributed by atoms with Gasteiger partial charge in [0.1, 0.15) is 5.82 Å². The average Bonchev–Trinajstić information content (AvgIpc) is 3.06. The van der Waals surface area contributed by atoms with Gasteiger partial charge < -0.3 is 10.2 Å². The molecule has 4 heterocycles. The summed E-state index contributed by atoms with van der Waals surface area (Å²) in [6.45, 7) is 9.15. The van der Waals surface area contributed by atoms with E-state index >= 15 is 0 Å². The highest BCUT2D eigenvalue weighted by Gasteiger charge is 2.24. The Morgan fingerprint density at radius 1 is 1.28 bits per heavy atom. The summed E-state index contributed by atoms with van der Waals surface area (Å²) in [6, 6.07) is 0. The molecule has 136 valence electrons. The molecule has 0 aromatic carbocycles. The summed E-state index contributed by atoms with van der Waals surface area (Å²) < 4.78 is 3.61. The van der Waals surface area contributed by atoms with Crippen LogP contribution in [0.1, 0.15) is 51.3 Å². The Balaban J connectivity index is 1.65. The first-order chi connectivity index (χ1) is 12.1. The fraction of sp³-hybridized carbons (Fsp3) is 0.722. The van der Waals surface area contributed by atoms with E-state index in [0.29, 0.717) is 5.52 Å². The quantitative estimate of drug-likeness (QED) is 0.913. The van der Waals surface area contributed by atoms with Gasteiger partial charge in [0.05, 0.1) is 6.20 Å². The number of anilines is 1. The number of nitrogens with one attached hydrogen (secondary N) is 1. The maximum atomic E-state index is 12.9. The molecule has 1 saturated heterocycles. The fourth-order valence-corrected chi connectivity index (χ4v) is 4.05. The summed E-state index contributed by atoms with van der Waals surface area (Å²) in [7, 11) is 0. The third-order valence-corrected chi connectivity index (χ3v) is 5.53.